The Bertz CT molecular complexity index is 982. The van der Waals surface area contributed by atoms with E-state index in [-0.39, 0.29) is 13.2 Å². The van der Waals surface area contributed by atoms with E-state index >= 15 is 0 Å². The molecule has 0 radical (unpaired) electrons. The van der Waals surface area contributed by atoms with Crippen LogP contribution in [0.2, 0.25) is 0 Å². The maximum Gasteiger partial charge on any atom is 0.308 e. The Labute approximate surface area is 197 Å². The first-order valence-corrected chi connectivity index (χ1v) is 10.8. The summed E-state index contributed by atoms with van der Waals surface area (Å²) in [6.07, 6.45) is -5.77. The molecular weight excluding hydrogens is 446 g/mol. The molecule has 184 valence electrons. The van der Waals surface area contributed by atoms with Gasteiger partial charge in [0.05, 0.1) is 13.2 Å². The zero-order chi connectivity index (χ0) is 24.7. The van der Waals surface area contributed by atoms with Gasteiger partial charge in [-0.25, -0.2) is 0 Å². The molecule has 0 bridgehead atoms. The van der Waals surface area contributed by atoms with E-state index in [4.69, 9.17) is 18.9 Å². The standard InChI is InChI=1S/C24H29NO9/c1-14(27)32-18-9-5-3-7-16(18)11-25-24-23(22(30)21(29)20(12-26)34-24)31-13-17-8-4-6-10-19(17)33-15(2)28/h3-10,20-26,29-30H,11-13H2,1-2H3/t20-,21-,22+,23+,24?/m1/s1. The van der Waals surface area contributed by atoms with Crippen molar-refractivity contribution in [3.8, 4) is 11.5 Å². The number of carbonyl (C=O) groups is 2. The SMILES string of the molecule is CC(=O)Oc1ccccc1CNC1O[C@H](CO)[C@@H](O)[C@H](O)[C@@H]1OCc1ccccc1OC(C)=O. The summed E-state index contributed by atoms with van der Waals surface area (Å²) >= 11 is 0. The molecule has 5 atom stereocenters. The van der Waals surface area contributed by atoms with Gasteiger partial charge in [-0.1, -0.05) is 36.4 Å². The highest BCUT2D eigenvalue weighted by molar-refractivity contribution is 5.70. The molecule has 3 rings (SSSR count). The van der Waals surface area contributed by atoms with Crippen molar-refractivity contribution < 1.29 is 43.9 Å². The van der Waals surface area contributed by atoms with E-state index < -0.39 is 49.2 Å². The Balaban J connectivity index is 1.76. The van der Waals surface area contributed by atoms with Gasteiger partial charge in [0.15, 0.2) is 0 Å². The number of aliphatic hydroxyl groups is 3. The van der Waals surface area contributed by atoms with Gasteiger partial charge in [0.25, 0.3) is 0 Å². The fraction of sp³-hybridized carbons (Fsp3) is 0.417. The maximum atomic E-state index is 11.4. The molecule has 1 heterocycles. The highest BCUT2D eigenvalue weighted by Crippen LogP contribution is 2.27. The van der Waals surface area contributed by atoms with E-state index in [9.17, 15) is 24.9 Å². The van der Waals surface area contributed by atoms with Crippen LogP contribution in [0, 0.1) is 0 Å². The van der Waals surface area contributed by atoms with E-state index in [0.717, 1.165) is 0 Å². The van der Waals surface area contributed by atoms with Crippen LogP contribution in [0.1, 0.15) is 25.0 Å². The Morgan fingerprint density at radius 1 is 0.912 bits per heavy atom. The number of rotatable bonds is 9. The fourth-order valence-electron chi connectivity index (χ4n) is 3.62. The molecule has 34 heavy (non-hydrogen) atoms. The van der Waals surface area contributed by atoms with Gasteiger partial charge in [-0.05, 0) is 12.1 Å². The second-order valence-electron chi connectivity index (χ2n) is 7.82. The van der Waals surface area contributed by atoms with Crippen molar-refractivity contribution >= 4 is 11.9 Å². The number of aliphatic hydroxyl groups excluding tert-OH is 3. The van der Waals surface area contributed by atoms with Crippen LogP contribution in [0.3, 0.4) is 0 Å². The van der Waals surface area contributed by atoms with Crippen LogP contribution in [0.5, 0.6) is 11.5 Å². The number of esters is 2. The lowest BCUT2D eigenvalue weighted by atomic mass is 9.98. The first kappa shape index (κ1) is 25.8. The van der Waals surface area contributed by atoms with Gasteiger partial charge < -0.3 is 34.3 Å². The molecule has 0 aliphatic carbocycles. The second kappa shape index (κ2) is 12.0. The quantitative estimate of drug-likeness (QED) is 0.301. The summed E-state index contributed by atoms with van der Waals surface area (Å²) in [6.45, 7) is 2.21. The number of ether oxygens (including phenoxy) is 4. The van der Waals surface area contributed by atoms with Crippen molar-refractivity contribution in [2.45, 2.75) is 57.6 Å². The summed E-state index contributed by atoms with van der Waals surface area (Å²) < 4.78 is 22.1. The van der Waals surface area contributed by atoms with E-state index in [1.54, 1.807) is 48.5 Å². The van der Waals surface area contributed by atoms with Crippen molar-refractivity contribution in [2.24, 2.45) is 0 Å². The van der Waals surface area contributed by atoms with E-state index in [1.807, 2.05) is 0 Å². The number of hydrogen-bond acceptors (Lipinski definition) is 10. The topological polar surface area (TPSA) is 144 Å². The molecule has 1 aliphatic heterocycles. The smallest absolute Gasteiger partial charge is 0.308 e. The highest BCUT2D eigenvalue weighted by Gasteiger charge is 2.45. The fourth-order valence-corrected chi connectivity index (χ4v) is 3.62. The predicted octanol–water partition coefficient (Wildman–Crippen LogP) is 0.651. The summed E-state index contributed by atoms with van der Waals surface area (Å²) in [7, 11) is 0. The molecular formula is C24H29NO9. The lowest BCUT2D eigenvalue weighted by molar-refractivity contribution is -0.251. The predicted molar refractivity (Wildman–Crippen MR) is 119 cm³/mol. The third-order valence-electron chi connectivity index (χ3n) is 5.24. The summed E-state index contributed by atoms with van der Waals surface area (Å²) in [5, 5.41) is 33.7. The van der Waals surface area contributed by atoms with Crippen LogP contribution in [0.25, 0.3) is 0 Å². The van der Waals surface area contributed by atoms with Crippen LogP contribution in [-0.4, -0.2) is 64.5 Å². The molecule has 0 amide bonds. The molecule has 10 heteroatoms. The lowest BCUT2D eigenvalue weighted by Gasteiger charge is -2.42. The van der Waals surface area contributed by atoms with Crippen molar-refractivity contribution in [1.29, 1.82) is 0 Å². The van der Waals surface area contributed by atoms with Crippen molar-refractivity contribution in [3.63, 3.8) is 0 Å². The minimum absolute atomic E-state index is 0.0483. The molecule has 0 saturated carbocycles. The average molecular weight is 475 g/mol. The molecule has 2 aromatic carbocycles. The molecule has 4 N–H and O–H groups in total. The number of nitrogens with one attached hydrogen (secondary N) is 1. The minimum Gasteiger partial charge on any atom is -0.426 e. The lowest BCUT2D eigenvalue weighted by Crippen LogP contribution is -2.63. The number of carbonyl (C=O) groups excluding carboxylic acids is 2. The van der Waals surface area contributed by atoms with Crippen LogP contribution < -0.4 is 14.8 Å². The summed E-state index contributed by atoms with van der Waals surface area (Å²) in [4.78, 5) is 22.8. The first-order valence-electron chi connectivity index (χ1n) is 10.8. The number of hydrogen-bond donors (Lipinski definition) is 4. The molecule has 1 saturated heterocycles. The molecule has 1 aliphatic rings. The third kappa shape index (κ3) is 6.60. The third-order valence-corrected chi connectivity index (χ3v) is 5.24. The Hall–Kier alpha value is -2.86. The Morgan fingerprint density at radius 2 is 1.47 bits per heavy atom. The number of para-hydroxylation sites is 2. The molecule has 10 nitrogen and oxygen atoms in total. The van der Waals surface area contributed by atoms with E-state index in [1.165, 1.54) is 13.8 Å². The van der Waals surface area contributed by atoms with Crippen LogP contribution in [-0.2, 0) is 32.2 Å². The van der Waals surface area contributed by atoms with Gasteiger partial charge in [0.2, 0.25) is 0 Å². The van der Waals surface area contributed by atoms with E-state index in [0.29, 0.717) is 22.6 Å². The summed E-state index contributed by atoms with van der Waals surface area (Å²) in [5.41, 5.74) is 1.21. The largest absolute Gasteiger partial charge is 0.426 e. The van der Waals surface area contributed by atoms with Crippen molar-refractivity contribution in [1.82, 2.24) is 5.32 Å². The van der Waals surface area contributed by atoms with E-state index in [2.05, 4.69) is 5.32 Å². The summed E-state index contributed by atoms with van der Waals surface area (Å²) in [5.74, 6) is -0.270. The maximum absolute atomic E-state index is 11.4. The Kier molecular flexibility index (Phi) is 9.11. The second-order valence-corrected chi connectivity index (χ2v) is 7.82. The average Bonchev–Trinajstić information content (AvgIpc) is 2.80. The van der Waals surface area contributed by atoms with Gasteiger partial charge >= 0.3 is 11.9 Å². The van der Waals surface area contributed by atoms with Crippen molar-refractivity contribution in [2.75, 3.05) is 6.61 Å². The molecule has 1 fully saturated rings. The molecule has 0 aromatic heterocycles. The molecule has 0 spiro atoms. The normalized spacial score (nSPS) is 24.4. The van der Waals surface area contributed by atoms with Gasteiger partial charge in [0, 0.05) is 31.5 Å². The highest BCUT2D eigenvalue weighted by atomic mass is 16.6. The first-order chi connectivity index (χ1) is 16.3. The summed E-state index contributed by atoms with van der Waals surface area (Å²) in [6, 6.07) is 13.7. The number of benzene rings is 2. The van der Waals surface area contributed by atoms with Gasteiger partial charge in [-0.2, -0.15) is 0 Å². The Morgan fingerprint density at radius 3 is 2.06 bits per heavy atom. The monoisotopic (exact) mass is 475 g/mol. The molecule has 1 unspecified atom stereocenters. The van der Waals surface area contributed by atoms with Crippen LogP contribution in [0.4, 0.5) is 0 Å². The minimum atomic E-state index is -1.38. The molecule has 2 aromatic rings. The zero-order valence-corrected chi connectivity index (χ0v) is 18.9. The van der Waals surface area contributed by atoms with Crippen LogP contribution in [0.15, 0.2) is 48.5 Å². The van der Waals surface area contributed by atoms with Gasteiger partial charge in [-0.3, -0.25) is 14.9 Å². The van der Waals surface area contributed by atoms with Gasteiger partial charge in [0.1, 0.15) is 42.1 Å². The van der Waals surface area contributed by atoms with Crippen molar-refractivity contribution in [3.05, 3.63) is 59.7 Å². The zero-order valence-electron chi connectivity index (χ0n) is 18.9. The van der Waals surface area contributed by atoms with Crippen LogP contribution >= 0.6 is 0 Å². The van der Waals surface area contributed by atoms with Gasteiger partial charge in [-0.15, -0.1) is 0 Å².